The van der Waals surface area contributed by atoms with Gasteiger partial charge in [0.1, 0.15) is 0 Å². The molecule has 2 aromatic heterocycles. The molecule has 1 aliphatic rings. The van der Waals surface area contributed by atoms with Crippen LogP contribution in [0.1, 0.15) is 63.7 Å². The first kappa shape index (κ1) is 24.3. The molecule has 2 amide bonds. The summed E-state index contributed by atoms with van der Waals surface area (Å²) in [6.07, 6.45) is 4.35. The van der Waals surface area contributed by atoms with Crippen LogP contribution in [0.5, 0.6) is 0 Å². The van der Waals surface area contributed by atoms with E-state index in [1.54, 1.807) is 27.2 Å². The van der Waals surface area contributed by atoms with Crippen LogP contribution >= 0.6 is 11.8 Å². The van der Waals surface area contributed by atoms with Gasteiger partial charge < -0.3 is 10.6 Å². The molecular weight excluding hydrogens is 452 g/mol. The van der Waals surface area contributed by atoms with Gasteiger partial charge in [-0.05, 0) is 50.8 Å². The van der Waals surface area contributed by atoms with E-state index in [2.05, 4.69) is 20.8 Å². The molecule has 0 saturated heterocycles. The lowest BCUT2D eigenvalue weighted by molar-refractivity contribution is -0.119. The van der Waals surface area contributed by atoms with Crippen molar-refractivity contribution in [1.82, 2.24) is 29.8 Å². The standard InChI is InChI=1S/C24H32N6O3S/c1-14(2)12-29-22(33)18-10-9-16(21(32)25-15(3)4)11-19(18)30-23(29)27-28-24(30)34-13-20(31)26-17-7-5-6-8-17/h9-11,14-15,17H,5-8,12-13H2,1-4H3,(H,25,32)(H,26,31). The van der Waals surface area contributed by atoms with Crippen LogP contribution in [0.4, 0.5) is 0 Å². The number of benzene rings is 1. The fourth-order valence-electron chi connectivity index (χ4n) is 4.36. The molecule has 0 radical (unpaired) electrons. The van der Waals surface area contributed by atoms with Gasteiger partial charge in [-0.3, -0.25) is 23.4 Å². The van der Waals surface area contributed by atoms with Crippen LogP contribution in [0, 0.1) is 5.92 Å². The van der Waals surface area contributed by atoms with Crippen molar-refractivity contribution in [2.45, 2.75) is 77.2 Å². The Morgan fingerprint density at radius 1 is 1.15 bits per heavy atom. The lowest BCUT2D eigenvalue weighted by Gasteiger charge is -2.14. The lowest BCUT2D eigenvalue weighted by Crippen LogP contribution is -2.33. The van der Waals surface area contributed by atoms with Gasteiger partial charge in [-0.25, -0.2) is 0 Å². The highest BCUT2D eigenvalue weighted by atomic mass is 32.2. The summed E-state index contributed by atoms with van der Waals surface area (Å²) >= 11 is 1.28. The first-order chi connectivity index (χ1) is 16.2. The zero-order valence-electron chi connectivity index (χ0n) is 20.1. The van der Waals surface area contributed by atoms with Crippen LogP contribution in [0.25, 0.3) is 16.7 Å². The van der Waals surface area contributed by atoms with E-state index in [4.69, 9.17) is 0 Å². The van der Waals surface area contributed by atoms with Crippen molar-refractivity contribution in [3.05, 3.63) is 34.1 Å². The predicted molar refractivity (Wildman–Crippen MR) is 133 cm³/mol. The Bertz CT molecular complexity index is 1270. The maximum atomic E-state index is 13.3. The van der Waals surface area contributed by atoms with Gasteiger partial charge in [0, 0.05) is 24.2 Å². The second kappa shape index (κ2) is 10.2. The monoisotopic (exact) mass is 484 g/mol. The van der Waals surface area contributed by atoms with Crippen molar-refractivity contribution < 1.29 is 9.59 Å². The van der Waals surface area contributed by atoms with Gasteiger partial charge in [0.25, 0.3) is 11.5 Å². The number of thioether (sulfide) groups is 1. The third-order valence-corrected chi connectivity index (χ3v) is 6.78. The van der Waals surface area contributed by atoms with E-state index < -0.39 is 0 Å². The van der Waals surface area contributed by atoms with E-state index in [1.165, 1.54) is 11.8 Å². The first-order valence-electron chi connectivity index (χ1n) is 11.9. The summed E-state index contributed by atoms with van der Waals surface area (Å²) in [5, 5.41) is 15.6. The van der Waals surface area contributed by atoms with Crippen LogP contribution in [-0.4, -0.2) is 48.8 Å². The third-order valence-electron chi connectivity index (χ3n) is 5.85. The average molecular weight is 485 g/mol. The molecule has 10 heteroatoms. The minimum Gasteiger partial charge on any atom is -0.353 e. The Morgan fingerprint density at radius 2 is 1.88 bits per heavy atom. The number of hydrogen-bond acceptors (Lipinski definition) is 6. The summed E-state index contributed by atoms with van der Waals surface area (Å²) in [4.78, 5) is 38.5. The number of fused-ring (bicyclic) bond motifs is 3. The van der Waals surface area contributed by atoms with Crippen LogP contribution in [-0.2, 0) is 11.3 Å². The Labute approximate surface area is 202 Å². The predicted octanol–water partition coefficient (Wildman–Crippen LogP) is 2.99. The first-order valence-corrected chi connectivity index (χ1v) is 12.9. The number of carbonyl (C=O) groups is 2. The highest BCUT2D eigenvalue weighted by Crippen LogP contribution is 2.24. The molecule has 182 valence electrons. The van der Waals surface area contributed by atoms with E-state index >= 15 is 0 Å². The molecule has 3 aromatic rings. The van der Waals surface area contributed by atoms with Gasteiger partial charge in [0.05, 0.1) is 16.7 Å². The van der Waals surface area contributed by atoms with Crippen LogP contribution in [0.15, 0.2) is 28.2 Å². The highest BCUT2D eigenvalue weighted by molar-refractivity contribution is 7.99. The molecular formula is C24H32N6O3S. The zero-order valence-corrected chi connectivity index (χ0v) is 20.9. The van der Waals surface area contributed by atoms with E-state index in [1.807, 2.05) is 27.7 Å². The third kappa shape index (κ3) is 5.11. The molecule has 0 bridgehead atoms. The summed E-state index contributed by atoms with van der Waals surface area (Å²) in [7, 11) is 0. The summed E-state index contributed by atoms with van der Waals surface area (Å²) in [6, 6.07) is 5.29. The fourth-order valence-corrected chi connectivity index (χ4v) is 5.11. The molecule has 4 rings (SSSR count). The number of nitrogens with one attached hydrogen (secondary N) is 2. The summed E-state index contributed by atoms with van der Waals surface area (Å²) in [5.41, 5.74) is 0.835. The second-order valence-corrected chi connectivity index (χ2v) is 10.6. The van der Waals surface area contributed by atoms with Gasteiger partial charge in [0.15, 0.2) is 5.16 Å². The lowest BCUT2D eigenvalue weighted by atomic mass is 10.1. The smallest absolute Gasteiger partial charge is 0.262 e. The minimum atomic E-state index is -0.213. The zero-order chi connectivity index (χ0) is 24.4. The summed E-state index contributed by atoms with van der Waals surface area (Å²) in [5.74, 6) is 0.585. The molecule has 1 aliphatic carbocycles. The van der Waals surface area contributed by atoms with Crippen LogP contribution < -0.4 is 16.2 Å². The van der Waals surface area contributed by atoms with Gasteiger partial charge in [-0.1, -0.05) is 38.5 Å². The highest BCUT2D eigenvalue weighted by Gasteiger charge is 2.21. The number of rotatable bonds is 8. The molecule has 9 nitrogen and oxygen atoms in total. The van der Waals surface area contributed by atoms with Crippen LogP contribution in [0.3, 0.4) is 0 Å². The van der Waals surface area contributed by atoms with Gasteiger partial charge in [-0.2, -0.15) is 0 Å². The number of aromatic nitrogens is 4. The topological polar surface area (TPSA) is 110 Å². The van der Waals surface area contributed by atoms with Gasteiger partial charge >= 0.3 is 0 Å². The number of nitrogens with zero attached hydrogens (tertiary/aromatic N) is 4. The van der Waals surface area contributed by atoms with Crippen molar-refractivity contribution in [3.8, 4) is 0 Å². The Morgan fingerprint density at radius 3 is 2.56 bits per heavy atom. The van der Waals surface area contributed by atoms with Gasteiger partial charge in [-0.15, -0.1) is 10.2 Å². The van der Waals surface area contributed by atoms with Crippen molar-refractivity contribution in [3.63, 3.8) is 0 Å². The molecule has 0 spiro atoms. The maximum Gasteiger partial charge on any atom is 0.262 e. The molecule has 1 aromatic carbocycles. The van der Waals surface area contributed by atoms with Crippen molar-refractivity contribution >= 4 is 40.3 Å². The van der Waals surface area contributed by atoms with Crippen LogP contribution in [0.2, 0.25) is 0 Å². The van der Waals surface area contributed by atoms with E-state index in [9.17, 15) is 14.4 Å². The minimum absolute atomic E-state index is 0.0123. The number of hydrogen-bond donors (Lipinski definition) is 2. The Kier molecular flexibility index (Phi) is 7.25. The average Bonchev–Trinajstić information content (AvgIpc) is 3.44. The molecule has 1 fully saturated rings. The van der Waals surface area contributed by atoms with Crippen molar-refractivity contribution in [2.75, 3.05) is 5.75 Å². The fraction of sp³-hybridized carbons (Fsp3) is 0.542. The summed E-state index contributed by atoms with van der Waals surface area (Å²) in [6.45, 7) is 8.34. The Balaban J connectivity index is 1.76. The normalized spacial score (nSPS) is 14.5. The molecule has 0 atom stereocenters. The maximum absolute atomic E-state index is 13.3. The van der Waals surface area contributed by atoms with E-state index in [0.717, 1.165) is 25.7 Å². The largest absolute Gasteiger partial charge is 0.353 e. The Hall–Kier alpha value is -2.88. The van der Waals surface area contributed by atoms with E-state index in [0.29, 0.717) is 33.9 Å². The molecule has 2 N–H and O–H groups in total. The van der Waals surface area contributed by atoms with E-state index in [-0.39, 0.29) is 41.1 Å². The molecule has 34 heavy (non-hydrogen) atoms. The number of amides is 2. The molecule has 0 aliphatic heterocycles. The van der Waals surface area contributed by atoms with Crippen molar-refractivity contribution in [1.29, 1.82) is 0 Å². The van der Waals surface area contributed by atoms with Gasteiger partial charge in [0.2, 0.25) is 11.7 Å². The molecule has 0 unspecified atom stereocenters. The molecule has 1 saturated carbocycles. The SMILES string of the molecule is CC(C)Cn1c(=O)c2ccc(C(=O)NC(C)C)cc2n2c(SCC(=O)NC3CCCC3)nnc12. The second-order valence-electron chi connectivity index (χ2n) is 9.63. The summed E-state index contributed by atoms with van der Waals surface area (Å²) < 4.78 is 3.41. The quantitative estimate of drug-likeness (QED) is 0.476. The number of carbonyl (C=O) groups excluding carboxylic acids is 2. The van der Waals surface area contributed by atoms with Crippen molar-refractivity contribution in [2.24, 2.45) is 5.92 Å². The molecule has 2 heterocycles.